The fourth-order valence-corrected chi connectivity index (χ4v) is 2.24. The number of halogens is 1. The average molecular weight is 321 g/mol. The highest BCUT2D eigenvalue weighted by Crippen LogP contribution is 2.25. The number of methoxy groups -OCH3 is 1. The number of aliphatic hydroxyl groups is 1. The number of hydrogen-bond acceptors (Lipinski definition) is 4. The van der Waals surface area contributed by atoms with Gasteiger partial charge in [-0.3, -0.25) is 0 Å². The summed E-state index contributed by atoms with van der Waals surface area (Å²) in [7, 11) is 1.22. The van der Waals surface area contributed by atoms with Crippen molar-refractivity contribution in [1.82, 2.24) is 0 Å². The van der Waals surface area contributed by atoms with Crippen molar-refractivity contribution in [3.8, 4) is 5.75 Å². The molecule has 1 N–H and O–H groups in total. The molecule has 0 saturated carbocycles. The standard InChI is InChI=1S/C17H17ClO4/c1-11-5-3-4-6-15(11)22-10-12-7-8-13(18)9-14(12)16(19)17(20)21-2/h3-9,16,19H,10H2,1-2H3. The molecular formula is C17H17ClO4. The number of aliphatic hydroxyl groups excluding tert-OH is 1. The van der Waals surface area contributed by atoms with E-state index in [0.29, 0.717) is 16.1 Å². The van der Waals surface area contributed by atoms with E-state index in [4.69, 9.17) is 16.3 Å². The molecule has 0 saturated heterocycles. The third-order valence-corrected chi connectivity index (χ3v) is 3.54. The molecule has 2 aromatic rings. The molecule has 1 unspecified atom stereocenters. The van der Waals surface area contributed by atoms with Crippen LogP contribution in [0.5, 0.6) is 5.75 Å². The lowest BCUT2D eigenvalue weighted by Gasteiger charge is -2.15. The van der Waals surface area contributed by atoms with E-state index in [0.717, 1.165) is 11.3 Å². The summed E-state index contributed by atoms with van der Waals surface area (Å²) in [5.41, 5.74) is 2.06. The minimum absolute atomic E-state index is 0.214. The quantitative estimate of drug-likeness (QED) is 0.857. The average Bonchev–Trinajstić information content (AvgIpc) is 2.53. The molecule has 0 aliphatic heterocycles. The minimum atomic E-state index is -1.39. The Bertz CT molecular complexity index is 669. The van der Waals surface area contributed by atoms with Gasteiger partial charge in [-0.2, -0.15) is 0 Å². The van der Waals surface area contributed by atoms with E-state index in [1.165, 1.54) is 7.11 Å². The molecule has 0 fully saturated rings. The number of aryl methyl sites for hydroxylation is 1. The summed E-state index contributed by atoms with van der Waals surface area (Å²) in [6, 6.07) is 12.6. The lowest BCUT2D eigenvalue weighted by molar-refractivity contribution is -0.150. The van der Waals surface area contributed by atoms with Crippen molar-refractivity contribution in [2.45, 2.75) is 19.6 Å². The van der Waals surface area contributed by atoms with Gasteiger partial charge in [0, 0.05) is 5.02 Å². The molecule has 0 bridgehead atoms. The normalized spacial score (nSPS) is 11.8. The van der Waals surface area contributed by atoms with Crippen molar-refractivity contribution < 1.29 is 19.4 Å². The maximum absolute atomic E-state index is 11.5. The third kappa shape index (κ3) is 3.78. The first-order chi connectivity index (χ1) is 10.5. The summed E-state index contributed by atoms with van der Waals surface area (Å²) in [5, 5.41) is 10.5. The predicted molar refractivity (Wildman–Crippen MR) is 83.9 cm³/mol. The number of benzene rings is 2. The molecule has 2 rings (SSSR count). The summed E-state index contributed by atoms with van der Waals surface area (Å²) in [4.78, 5) is 11.5. The van der Waals surface area contributed by atoms with Crippen molar-refractivity contribution in [1.29, 1.82) is 0 Å². The van der Waals surface area contributed by atoms with Crippen LogP contribution in [0.25, 0.3) is 0 Å². The molecule has 1 atom stereocenters. The van der Waals surface area contributed by atoms with Gasteiger partial charge >= 0.3 is 5.97 Å². The monoisotopic (exact) mass is 320 g/mol. The summed E-state index contributed by atoms with van der Waals surface area (Å²) < 4.78 is 10.3. The van der Waals surface area contributed by atoms with Crippen molar-refractivity contribution in [3.63, 3.8) is 0 Å². The molecular weight excluding hydrogens is 304 g/mol. The first kappa shape index (κ1) is 16.3. The molecule has 4 nitrogen and oxygen atoms in total. The van der Waals surface area contributed by atoms with E-state index in [-0.39, 0.29) is 6.61 Å². The zero-order valence-electron chi connectivity index (χ0n) is 12.4. The van der Waals surface area contributed by atoms with E-state index in [1.54, 1.807) is 18.2 Å². The van der Waals surface area contributed by atoms with Gasteiger partial charge in [-0.15, -0.1) is 0 Å². The fourth-order valence-electron chi connectivity index (χ4n) is 2.06. The van der Waals surface area contributed by atoms with Crippen LogP contribution in [0.4, 0.5) is 0 Å². The maximum atomic E-state index is 11.5. The minimum Gasteiger partial charge on any atom is -0.489 e. The van der Waals surface area contributed by atoms with Gasteiger partial charge in [0.25, 0.3) is 0 Å². The third-order valence-electron chi connectivity index (χ3n) is 3.30. The van der Waals surface area contributed by atoms with Crippen LogP contribution in [0.1, 0.15) is 22.8 Å². The van der Waals surface area contributed by atoms with Gasteiger partial charge in [0.2, 0.25) is 0 Å². The molecule has 22 heavy (non-hydrogen) atoms. The smallest absolute Gasteiger partial charge is 0.339 e. The van der Waals surface area contributed by atoms with Crippen molar-refractivity contribution >= 4 is 17.6 Å². The summed E-state index contributed by atoms with van der Waals surface area (Å²) in [6.45, 7) is 2.16. The Morgan fingerprint density at radius 1 is 1.27 bits per heavy atom. The number of ether oxygens (including phenoxy) is 2. The van der Waals surface area contributed by atoms with Gasteiger partial charge < -0.3 is 14.6 Å². The molecule has 2 aromatic carbocycles. The molecule has 5 heteroatoms. The van der Waals surface area contributed by atoms with Crippen LogP contribution in [0.2, 0.25) is 5.02 Å². The molecule has 0 spiro atoms. The Labute approximate surface area is 134 Å². The lowest BCUT2D eigenvalue weighted by Crippen LogP contribution is -2.16. The van der Waals surface area contributed by atoms with Crippen LogP contribution in [-0.4, -0.2) is 18.2 Å². The van der Waals surface area contributed by atoms with E-state index < -0.39 is 12.1 Å². The van der Waals surface area contributed by atoms with Crippen LogP contribution in [0.3, 0.4) is 0 Å². The zero-order chi connectivity index (χ0) is 16.1. The Kier molecular flexibility index (Phi) is 5.41. The summed E-state index contributed by atoms with van der Waals surface area (Å²) >= 11 is 5.95. The molecule has 0 aliphatic rings. The topological polar surface area (TPSA) is 55.8 Å². The number of hydrogen-bond donors (Lipinski definition) is 1. The van der Waals surface area contributed by atoms with Crippen LogP contribution in [-0.2, 0) is 16.1 Å². The maximum Gasteiger partial charge on any atom is 0.339 e. The van der Waals surface area contributed by atoms with Gasteiger partial charge in [-0.1, -0.05) is 35.9 Å². The van der Waals surface area contributed by atoms with E-state index in [2.05, 4.69) is 4.74 Å². The van der Waals surface area contributed by atoms with E-state index in [9.17, 15) is 9.90 Å². The number of rotatable bonds is 5. The predicted octanol–water partition coefficient (Wildman–Crippen LogP) is 3.43. The SMILES string of the molecule is COC(=O)C(O)c1cc(Cl)ccc1COc1ccccc1C. The fraction of sp³-hybridized carbons (Fsp3) is 0.235. The Morgan fingerprint density at radius 3 is 2.68 bits per heavy atom. The van der Waals surface area contributed by atoms with Crippen LogP contribution >= 0.6 is 11.6 Å². The van der Waals surface area contributed by atoms with Gasteiger partial charge in [-0.05, 0) is 41.8 Å². The number of para-hydroxylation sites is 1. The highest BCUT2D eigenvalue weighted by Gasteiger charge is 2.21. The lowest BCUT2D eigenvalue weighted by atomic mass is 10.0. The van der Waals surface area contributed by atoms with E-state index in [1.807, 2.05) is 31.2 Å². The second-order valence-electron chi connectivity index (χ2n) is 4.82. The highest BCUT2D eigenvalue weighted by molar-refractivity contribution is 6.30. The first-order valence-corrected chi connectivity index (χ1v) is 7.13. The first-order valence-electron chi connectivity index (χ1n) is 6.75. The Hall–Kier alpha value is -2.04. The van der Waals surface area contributed by atoms with Crippen LogP contribution in [0.15, 0.2) is 42.5 Å². The van der Waals surface area contributed by atoms with E-state index >= 15 is 0 Å². The summed E-state index contributed by atoms with van der Waals surface area (Å²) in [5.74, 6) is 0.00960. The van der Waals surface area contributed by atoms with Gasteiger partial charge in [-0.25, -0.2) is 4.79 Å². The second kappa shape index (κ2) is 7.29. The molecule has 0 heterocycles. The van der Waals surface area contributed by atoms with Crippen molar-refractivity contribution in [3.05, 3.63) is 64.2 Å². The second-order valence-corrected chi connectivity index (χ2v) is 5.26. The Morgan fingerprint density at radius 2 is 2.00 bits per heavy atom. The molecule has 0 radical (unpaired) electrons. The molecule has 0 aliphatic carbocycles. The van der Waals surface area contributed by atoms with Crippen molar-refractivity contribution in [2.24, 2.45) is 0 Å². The number of carbonyl (C=O) groups is 1. The van der Waals surface area contributed by atoms with Crippen LogP contribution < -0.4 is 4.74 Å². The Balaban J connectivity index is 2.24. The molecule has 0 amide bonds. The molecule has 116 valence electrons. The van der Waals surface area contributed by atoms with Crippen LogP contribution in [0, 0.1) is 6.92 Å². The van der Waals surface area contributed by atoms with Gasteiger partial charge in [0.15, 0.2) is 6.10 Å². The largest absolute Gasteiger partial charge is 0.489 e. The zero-order valence-corrected chi connectivity index (χ0v) is 13.1. The molecule has 0 aromatic heterocycles. The van der Waals surface area contributed by atoms with Gasteiger partial charge in [0.1, 0.15) is 12.4 Å². The summed E-state index contributed by atoms with van der Waals surface area (Å²) in [6.07, 6.45) is -1.39. The van der Waals surface area contributed by atoms with Gasteiger partial charge in [0.05, 0.1) is 7.11 Å². The highest BCUT2D eigenvalue weighted by atomic mass is 35.5. The van der Waals surface area contributed by atoms with Crippen molar-refractivity contribution in [2.75, 3.05) is 7.11 Å². The number of carbonyl (C=O) groups excluding carboxylic acids is 1. The number of esters is 1.